The molecule has 0 radical (unpaired) electrons. The van der Waals surface area contributed by atoms with E-state index < -0.39 is 0 Å². The summed E-state index contributed by atoms with van der Waals surface area (Å²) in [5.74, 6) is 0.126. The van der Waals surface area contributed by atoms with Gasteiger partial charge in [-0.2, -0.15) is 0 Å². The van der Waals surface area contributed by atoms with Gasteiger partial charge in [-0.05, 0) is 27.7 Å². The molecule has 0 saturated carbocycles. The maximum Gasteiger partial charge on any atom is 0.278 e. The van der Waals surface area contributed by atoms with Crippen LogP contribution in [-0.4, -0.2) is 68.6 Å². The zero-order chi connectivity index (χ0) is 20.0. The minimum absolute atomic E-state index is 0.0150. The summed E-state index contributed by atoms with van der Waals surface area (Å²) in [5, 5.41) is 2.95. The van der Waals surface area contributed by atoms with Crippen molar-refractivity contribution in [3.8, 4) is 0 Å². The molecule has 0 aliphatic carbocycles. The average Bonchev–Trinajstić information content (AvgIpc) is 2.60. The first kappa shape index (κ1) is 21.4. The van der Waals surface area contributed by atoms with Gasteiger partial charge < -0.3 is 20.0 Å². The van der Waals surface area contributed by atoms with Crippen molar-refractivity contribution >= 4 is 11.8 Å². The summed E-state index contributed by atoms with van der Waals surface area (Å²) in [4.78, 5) is 29.0. The summed E-state index contributed by atoms with van der Waals surface area (Å²) >= 11 is 0. The Labute approximate surface area is 163 Å². The number of hydrogen-bond acceptors (Lipinski definition) is 2. The third kappa shape index (κ3) is 6.96. The molecule has 2 amide bonds. The van der Waals surface area contributed by atoms with Crippen LogP contribution in [0.1, 0.15) is 39.3 Å². The lowest BCUT2D eigenvalue weighted by Gasteiger charge is -2.35. The lowest BCUT2D eigenvalue weighted by atomic mass is 10.1. The molecule has 1 aliphatic rings. The molecule has 6 heteroatoms. The van der Waals surface area contributed by atoms with Crippen LogP contribution in [0.15, 0.2) is 30.3 Å². The van der Waals surface area contributed by atoms with E-state index in [9.17, 15) is 9.59 Å². The second-order valence-corrected chi connectivity index (χ2v) is 8.78. The van der Waals surface area contributed by atoms with E-state index in [1.165, 1.54) is 10.5 Å². The molecule has 1 aromatic rings. The van der Waals surface area contributed by atoms with Gasteiger partial charge in [0.2, 0.25) is 0 Å². The molecule has 1 saturated heterocycles. The fourth-order valence-corrected chi connectivity index (χ4v) is 3.62. The van der Waals surface area contributed by atoms with Gasteiger partial charge in [-0.25, -0.2) is 0 Å². The topological polar surface area (TPSA) is 58.3 Å². The summed E-state index contributed by atoms with van der Waals surface area (Å²) in [5.41, 5.74) is 1.11. The van der Waals surface area contributed by atoms with Crippen molar-refractivity contribution in [3.63, 3.8) is 0 Å². The van der Waals surface area contributed by atoms with Gasteiger partial charge in [-0.1, -0.05) is 30.3 Å². The first-order chi connectivity index (χ1) is 12.7. The molecule has 0 spiro atoms. The quantitative estimate of drug-likeness (QED) is 0.591. The van der Waals surface area contributed by atoms with Crippen LogP contribution < -0.4 is 15.1 Å². The molecule has 1 fully saturated rings. The van der Waals surface area contributed by atoms with Crippen molar-refractivity contribution in [2.75, 3.05) is 46.3 Å². The van der Waals surface area contributed by atoms with Gasteiger partial charge in [0.05, 0.1) is 33.2 Å². The van der Waals surface area contributed by atoms with E-state index in [1.807, 2.05) is 38.8 Å². The summed E-state index contributed by atoms with van der Waals surface area (Å²) < 4.78 is 0. The highest BCUT2D eigenvalue weighted by Gasteiger charge is 2.29. The van der Waals surface area contributed by atoms with Crippen LogP contribution in [-0.2, 0) is 9.59 Å². The van der Waals surface area contributed by atoms with Crippen molar-refractivity contribution in [3.05, 3.63) is 35.9 Å². The number of carbonyl (C=O) groups excluding carboxylic acids is 2. The number of carbonyl (C=O) groups is 2. The summed E-state index contributed by atoms with van der Waals surface area (Å²) in [7, 11) is 1.90. The van der Waals surface area contributed by atoms with E-state index >= 15 is 0 Å². The number of amides is 2. The summed E-state index contributed by atoms with van der Waals surface area (Å²) in [6.45, 7) is 12.3. The molecule has 6 nitrogen and oxygen atoms in total. The van der Waals surface area contributed by atoms with Crippen molar-refractivity contribution in [2.24, 2.45) is 0 Å². The van der Waals surface area contributed by atoms with E-state index in [4.69, 9.17) is 0 Å². The van der Waals surface area contributed by atoms with E-state index in [0.717, 1.165) is 31.1 Å². The second-order valence-electron chi connectivity index (χ2n) is 8.78. The number of rotatable bonds is 6. The molecule has 2 atom stereocenters. The van der Waals surface area contributed by atoms with Crippen LogP contribution in [0.25, 0.3) is 0 Å². The van der Waals surface area contributed by atoms with E-state index in [1.54, 1.807) is 0 Å². The molecule has 0 bridgehead atoms. The Kier molecular flexibility index (Phi) is 7.39. The zero-order valence-electron chi connectivity index (χ0n) is 17.5. The molecule has 1 aromatic carbocycles. The lowest BCUT2D eigenvalue weighted by Crippen LogP contribution is -3.15. The lowest BCUT2D eigenvalue weighted by molar-refractivity contribution is -0.933. The standard InChI is InChI=1S/C21H34N4O2/c1-17(18-9-7-6-8-10-18)24-11-13-25(14-12-24)20(27)16-23(5)15-19(26)22-21(2,3)4/h6-10,17H,11-16H2,1-5H3,(H,22,26)/p+2/t17-/m1/s1. The van der Waals surface area contributed by atoms with Crippen molar-refractivity contribution in [2.45, 2.75) is 39.3 Å². The van der Waals surface area contributed by atoms with Crippen LogP contribution in [0, 0.1) is 0 Å². The van der Waals surface area contributed by atoms with Crippen molar-refractivity contribution in [1.29, 1.82) is 0 Å². The van der Waals surface area contributed by atoms with Gasteiger partial charge in [-0.15, -0.1) is 0 Å². The highest BCUT2D eigenvalue weighted by molar-refractivity contribution is 5.79. The van der Waals surface area contributed by atoms with Gasteiger partial charge in [0.1, 0.15) is 6.04 Å². The van der Waals surface area contributed by atoms with Gasteiger partial charge in [0.25, 0.3) is 11.8 Å². The molecular weight excluding hydrogens is 340 g/mol. The number of hydrogen-bond donors (Lipinski definition) is 3. The molecule has 27 heavy (non-hydrogen) atoms. The molecule has 150 valence electrons. The average molecular weight is 377 g/mol. The van der Waals surface area contributed by atoms with Gasteiger partial charge in [-0.3, -0.25) is 9.59 Å². The maximum atomic E-state index is 12.6. The van der Waals surface area contributed by atoms with Gasteiger partial charge >= 0.3 is 0 Å². The van der Waals surface area contributed by atoms with Crippen LogP contribution in [0.3, 0.4) is 0 Å². The summed E-state index contributed by atoms with van der Waals surface area (Å²) in [6, 6.07) is 11.0. The van der Waals surface area contributed by atoms with E-state index in [0.29, 0.717) is 19.1 Å². The summed E-state index contributed by atoms with van der Waals surface area (Å²) in [6.07, 6.45) is 0. The largest absolute Gasteiger partial charge is 0.347 e. The van der Waals surface area contributed by atoms with Crippen LogP contribution in [0.2, 0.25) is 0 Å². The molecule has 1 unspecified atom stereocenters. The second kappa shape index (κ2) is 9.33. The van der Waals surface area contributed by atoms with Crippen LogP contribution >= 0.6 is 0 Å². The molecule has 1 heterocycles. The fourth-order valence-electron chi connectivity index (χ4n) is 3.62. The smallest absolute Gasteiger partial charge is 0.278 e. The number of likely N-dealkylation sites (N-methyl/N-ethyl adjacent to an activating group) is 1. The molecule has 3 N–H and O–H groups in total. The molecule has 0 aromatic heterocycles. The normalized spacial score (nSPS) is 18.0. The number of quaternary nitrogens is 2. The molecule has 2 rings (SSSR count). The minimum Gasteiger partial charge on any atom is -0.347 e. The Morgan fingerprint density at radius 1 is 1.15 bits per heavy atom. The van der Waals surface area contributed by atoms with Crippen molar-refractivity contribution < 1.29 is 19.4 Å². The number of piperazine rings is 1. The van der Waals surface area contributed by atoms with Crippen molar-refractivity contribution in [1.82, 2.24) is 10.2 Å². The van der Waals surface area contributed by atoms with Crippen LogP contribution in [0.5, 0.6) is 0 Å². The number of nitrogens with zero attached hydrogens (tertiary/aromatic N) is 1. The maximum absolute atomic E-state index is 12.6. The Morgan fingerprint density at radius 2 is 1.74 bits per heavy atom. The van der Waals surface area contributed by atoms with Crippen LogP contribution in [0.4, 0.5) is 0 Å². The molecule has 1 aliphatic heterocycles. The first-order valence-electron chi connectivity index (χ1n) is 9.95. The number of nitrogens with one attached hydrogen (secondary N) is 3. The zero-order valence-corrected chi connectivity index (χ0v) is 17.5. The Balaban J connectivity index is 1.77. The monoisotopic (exact) mass is 376 g/mol. The SMILES string of the molecule is C[C@H](c1ccccc1)[NH+]1CCN(C(=O)C[NH+](C)CC(=O)NC(C)(C)C)CC1. The Bertz CT molecular complexity index is 619. The highest BCUT2D eigenvalue weighted by Crippen LogP contribution is 2.08. The Morgan fingerprint density at radius 3 is 2.30 bits per heavy atom. The highest BCUT2D eigenvalue weighted by atomic mass is 16.2. The molecular formula is C21H36N4O2+2. The third-order valence-electron chi connectivity index (χ3n) is 5.10. The number of benzene rings is 1. The predicted molar refractivity (Wildman–Crippen MR) is 107 cm³/mol. The van der Waals surface area contributed by atoms with E-state index in [-0.39, 0.29) is 17.4 Å². The first-order valence-corrected chi connectivity index (χ1v) is 9.95. The Hall–Kier alpha value is -1.92. The van der Waals surface area contributed by atoms with Gasteiger partial charge in [0.15, 0.2) is 13.1 Å². The fraction of sp³-hybridized carbons (Fsp3) is 0.619. The predicted octanol–water partition coefficient (Wildman–Crippen LogP) is -1.10. The van der Waals surface area contributed by atoms with E-state index in [2.05, 4.69) is 36.5 Å². The minimum atomic E-state index is -0.240. The third-order valence-corrected chi connectivity index (χ3v) is 5.10. The van der Waals surface area contributed by atoms with Gasteiger partial charge in [0, 0.05) is 11.1 Å².